The third-order valence-electron chi connectivity index (χ3n) is 0.493. The van der Waals surface area contributed by atoms with Crippen LogP contribution in [-0.4, -0.2) is 45.1 Å². The Morgan fingerprint density at radius 2 is 1.46 bits per heavy atom. The lowest BCUT2D eigenvalue weighted by molar-refractivity contribution is -0.145. The molecule has 1 unspecified atom stereocenters. The molecule has 4 N–H and O–H groups in total. The zero-order valence-electron chi connectivity index (χ0n) is 7.30. The van der Waals surface area contributed by atoms with Gasteiger partial charge in [-0.2, -0.15) is 0 Å². The van der Waals surface area contributed by atoms with Gasteiger partial charge in [0.2, 0.25) is 0 Å². The van der Waals surface area contributed by atoms with Crippen molar-refractivity contribution in [2.45, 2.75) is 13.0 Å². The molecule has 13 heavy (non-hydrogen) atoms. The fourth-order valence-corrected chi connectivity index (χ4v) is 0. The van der Waals surface area contributed by atoms with Crippen LogP contribution < -0.4 is 0 Å². The predicted molar refractivity (Wildman–Crippen MR) is 45.3 cm³/mol. The highest BCUT2D eigenvalue weighted by Crippen LogP contribution is 1.73. The van der Waals surface area contributed by atoms with Crippen LogP contribution in [0.25, 0.3) is 0 Å². The minimum Gasteiger partial charge on any atom is -0.480 e. The number of carboxylic acid groups (broad SMARTS) is 2. The largest absolute Gasteiger partial charge is 0.480 e. The Labute approximate surface area is 75.8 Å². The third-order valence-corrected chi connectivity index (χ3v) is 0.493. The molecule has 0 heterocycles. The van der Waals surface area contributed by atoms with Crippen LogP contribution in [0, 0.1) is 0 Å². The Kier molecular flexibility index (Phi) is 17.9. The minimum absolute atomic E-state index is 0.778. The van der Waals surface area contributed by atoms with Gasteiger partial charge in [0.05, 0.1) is 0 Å². The summed E-state index contributed by atoms with van der Waals surface area (Å²) in [6, 6.07) is 0. The molecule has 0 aromatic carbocycles. The van der Waals surface area contributed by atoms with Crippen molar-refractivity contribution in [2.75, 3.05) is 6.61 Å². The quantitative estimate of drug-likeness (QED) is 0.433. The lowest BCUT2D eigenvalue weighted by atomic mass is 10.4. The number of aliphatic carboxylic acids is 2. The van der Waals surface area contributed by atoms with E-state index in [4.69, 9.17) is 25.2 Å². The lowest BCUT2D eigenvalue weighted by Gasteiger charge is -1.89. The molecule has 6 heteroatoms. The Hall–Kier alpha value is -1.40. The highest BCUT2D eigenvalue weighted by atomic mass is 16.4. The molecule has 1 atom stereocenters. The second-order valence-corrected chi connectivity index (χ2v) is 1.57. The molecule has 0 saturated heterocycles. The van der Waals surface area contributed by atoms with E-state index in [0.717, 1.165) is 0 Å². The summed E-state index contributed by atoms with van der Waals surface area (Å²) in [5, 5.41) is 30.8. The minimum atomic E-state index is -1.23. The van der Waals surface area contributed by atoms with Gasteiger partial charge in [0.1, 0.15) is 12.7 Å². The van der Waals surface area contributed by atoms with Crippen LogP contribution in [0.15, 0.2) is 13.2 Å². The standard InChI is InChI=1S/C3H6O3.C2H4O3.C2H4/c1-2(4)3(5)6;3-1-2(4)5;1-2/h2,4H,1H3,(H,5,6);3H,1H2,(H,4,5);1-2H2. The Morgan fingerprint density at radius 3 is 1.46 bits per heavy atom. The summed E-state index contributed by atoms with van der Waals surface area (Å²) in [6.45, 7) is 6.42. The number of aliphatic hydroxyl groups excluding tert-OH is 2. The van der Waals surface area contributed by atoms with E-state index in [-0.39, 0.29) is 0 Å². The van der Waals surface area contributed by atoms with E-state index < -0.39 is 24.6 Å². The molecule has 0 aromatic rings. The Balaban J connectivity index is -0.000000131. The number of carbonyl (C=O) groups is 2. The third kappa shape index (κ3) is 37.0. The van der Waals surface area contributed by atoms with Crippen LogP contribution in [0.1, 0.15) is 6.92 Å². The average molecular weight is 194 g/mol. The van der Waals surface area contributed by atoms with Crippen LogP contribution in [0.2, 0.25) is 0 Å². The first-order valence-corrected chi connectivity index (χ1v) is 3.15. The first-order chi connectivity index (χ1) is 5.91. The smallest absolute Gasteiger partial charge is 0.332 e. The number of aliphatic hydroxyl groups is 2. The molecule has 0 amide bonds. The zero-order chi connectivity index (χ0) is 11.4. The van der Waals surface area contributed by atoms with Crippen molar-refractivity contribution in [3.63, 3.8) is 0 Å². The van der Waals surface area contributed by atoms with Crippen LogP contribution in [0.3, 0.4) is 0 Å². The second-order valence-electron chi connectivity index (χ2n) is 1.57. The maximum Gasteiger partial charge on any atom is 0.332 e. The summed E-state index contributed by atoms with van der Waals surface area (Å²) in [4.78, 5) is 18.6. The molecule has 0 radical (unpaired) electrons. The van der Waals surface area contributed by atoms with Gasteiger partial charge in [-0.15, -0.1) is 13.2 Å². The molecule has 6 nitrogen and oxygen atoms in total. The molecule has 0 aliphatic heterocycles. The highest BCUT2D eigenvalue weighted by molar-refractivity contribution is 5.71. The molecular formula is C7H14O6. The number of hydrogen-bond donors (Lipinski definition) is 4. The predicted octanol–water partition coefficient (Wildman–Crippen LogP) is -0.683. The van der Waals surface area contributed by atoms with Gasteiger partial charge < -0.3 is 20.4 Å². The van der Waals surface area contributed by atoms with Gasteiger partial charge in [0, 0.05) is 0 Å². The fourth-order valence-electron chi connectivity index (χ4n) is 0. The van der Waals surface area contributed by atoms with E-state index in [9.17, 15) is 4.79 Å². The van der Waals surface area contributed by atoms with E-state index in [0.29, 0.717) is 0 Å². The topological polar surface area (TPSA) is 115 Å². The summed E-state index contributed by atoms with van der Waals surface area (Å²) in [5.41, 5.74) is 0. The summed E-state index contributed by atoms with van der Waals surface area (Å²) in [7, 11) is 0. The monoisotopic (exact) mass is 194 g/mol. The van der Waals surface area contributed by atoms with Crippen molar-refractivity contribution in [3.05, 3.63) is 13.2 Å². The van der Waals surface area contributed by atoms with Crippen molar-refractivity contribution in [1.82, 2.24) is 0 Å². The van der Waals surface area contributed by atoms with Gasteiger partial charge in [-0.25, -0.2) is 9.59 Å². The molecule has 0 aliphatic rings. The highest BCUT2D eigenvalue weighted by Gasteiger charge is 2.01. The Bertz CT molecular complexity index is 142. The van der Waals surface area contributed by atoms with E-state index in [1.807, 2.05) is 0 Å². The fraction of sp³-hybridized carbons (Fsp3) is 0.429. The van der Waals surface area contributed by atoms with Crippen molar-refractivity contribution >= 4 is 11.9 Å². The van der Waals surface area contributed by atoms with Crippen LogP contribution in [-0.2, 0) is 9.59 Å². The second kappa shape index (κ2) is 13.2. The van der Waals surface area contributed by atoms with Crippen molar-refractivity contribution in [3.8, 4) is 0 Å². The normalized spacial score (nSPS) is 9.46. The van der Waals surface area contributed by atoms with E-state index in [1.165, 1.54) is 6.92 Å². The van der Waals surface area contributed by atoms with E-state index >= 15 is 0 Å². The van der Waals surface area contributed by atoms with Gasteiger partial charge in [-0.05, 0) is 6.92 Å². The van der Waals surface area contributed by atoms with E-state index in [1.54, 1.807) is 0 Å². The molecular weight excluding hydrogens is 180 g/mol. The van der Waals surface area contributed by atoms with Crippen molar-refractivity contribution in [2.24, 2.45) is 0 Å². The molecule has 0 rings (SSSR count). The molecule has 0 bridgehead atoms. The molecule has 0 saturated carbocycles. The first kappa shape index (κ1) is 17.6. The SMILES string of the molecule is C=C.CC(O)C(=O)O.O=C(O)CO. The van der Waals surface area contributed by atoms with Gasteiger partial charge in [0.15, 0.2) is 0 Å². The zero-order valence-corrected chi connectivity index (χ0v) is 7.30. The van der Waals surface area contributed by atoms with Gasteiger partial charge in [-0.1, -0.05) is 0 Å². The van der Waals surface area contributed by atoms with Crippen molar-refractivity contribution in [1.29, 1.82) is 0 Å². The molecule has 0 fully saturated rings. The lowest BCUT2D eigenvalue weighted by Crippen LogP contribution is -2.13. The van der Waals surface area contributed by atoms with Gasteiger partial charge >= 0.3 is 11.9 Å². The maximum atomic E-state index is 9.45. The first-order valence-electron chi connectivity index (χ1n) is 3.15. The summed E-state index contributed by atoms with van der Waals surface area (Å²) in [5.74, 6) is -2.37. The van der Waals surface area contributed by atoms with Gasteiger partial charge in [-0.3, -0.25) is 0 Å². The van der Waals surface area contributed by atoms with Crippen LogP contribution in [0.5, 0.6) is 0 Å². The summed E-state index contributed by atoms with van der Waals surface area (Å²) >= 11 is 0. The van der Waals surface area contributed by atoms with E-state index in [2.05, 4.69) is 13.2 Å². The van der Waals surface area contributed by atoms with Crippen LogP contribution >= 0.6 is 0 Å². The summed E-state index contributed by atoms with van der Waals surface area (Å²) < 4.78 is 0. The molecule has 0 aromatic heterocycles. The molecule has 0 aliphatic carbocycles. The number of hydrogen-bond acceptors (Lipinski definition) is 4. The molecule has 78 valence electrons. The van der Waals surface area contributed by atoms with Gasteiger partial charge in [0.25, 0.3) is 0 Å². The Morgan fingerprint density at radius 1 is 1.31 bits per heavy atom. The van der Waals surface area contributed by atoms with Crippen molar-refractivity contribution < 1.29 is 30.0 Å². The number of rotatable bonds is 2. The maximum absolute atomic E-state index is 9.45. The number of carboxylic acids is 2. The summed E-state index contributed by atoms with van der Waals surface area (Å²) in [6.07, 6.45) is -1.23. The molecule has 0 spiro atoms. The van der Waals surface area contributed by atoms with Crippen LogP contribution in [0.4, 0.5) is 0 Å². The average Bonchev–Trinajstić information content (AvgIpc) is 2.09.